The monoisotopic (exact) mass is 534 g/mol. The SMILES string of the molecule is Cc1cc(Cl)cc(Cl)c1S(=O)(=O)N(Cc1ccc(O)cc1)c1ccc(OCCN2CCCC2)cc1. The van der Waals surface area contributed by atoms with Crippen molar-refractivity contribution in [1.29, 1.82) is 0 Å². The Morgan fingerprint density at radius 1 is 1.00 bits per heavy atom. The number of phenolic OH excluding ortho intramolecular Hbond substituents is 1. The van der Waals surface area contributed by atoms with Crippen molar-refractivity contribution < 1.29 is 18.3 Å². The molecule has 1 aliphatic rings. The molecule has 0 unspecified atom stereocenters. The highest BCUT2D eigenvalue weighted by atomic mass is 35.5. The number of phenols is 1. The van der Waals surface area contributed by atoms with E-state index in [9.17, 15) is 13.5 Å². The van der Waals surface area contributed by atoms with Crippen LogP contribution in [-0.2, 0) is 16.6 Å². The van der Waals surface area contributed by atoms with Crippen molar-refractivity contribution in [3.8, 4) is 11.5 Å². The number of anilines is 1. The Morgan fingerprint density at radius 2 is 1.66 bits per heavy atom. The van der Waals surface area contributed by atoms with Crippen LogP contribution in [0, 0.1) is 6.92 Å². The van der Waals surface area contributed by atoms with E-state index in [4.69, 9.17) is 27.9 Å². The van der Waals surface area contributed by atoms with Crippen LogP contribution in [0.5, 0.6) is 11.5 Å². The van der Waals surface area contributed by atoms with Crippen LogP contribution >= 0.6 is 23.2 Å². The van der Waals surface area contributed by atoms with Crippen molar-refractivity contribution in [2.24, 2.45) is 0 Å². The fourth-order valence-electron chi connectivity index (χ4n) is 4.22. The van der Waals surface area contributed by atoms with Crippen molar-refractivity contribution in [2.45, 2.75) is 31.2 Å². The Balaban J connectivity index is 1.62. The minimum atomic E-state index is -4.05. The van der Waals surface area contributed by atoms with Gasteiger partial charge < -0.3 is 9.84 Å². The van der Waals surface area contributed by atoms with Gasteiger partial charge in [0.15, 0.2) is 0 Å². The Bertz CT molecular complexity index is 1240. The maximum absolute atomic E-state index is 13.9. The zero-order valence-corrected chi connectivity index (χ0v) is 21.8. The van der Waals surface area contributed by atoms with Gasteiger partial charge in [0.05, 0.1) is 17.3 Å². The van der Waals surface area contributed by atoms with E-state index in [0.717, 1.165) is 19.6 Å². The molecule has 0 saturated carbocycles. The molecule has 1 fully saturated rings. The van der Waals surface area contributed by atoms with Gasteiger partial charge in [-0.15, -0.1) is 0 Å². The molecule has 0 aromatic heterocycles. The first-order valence-electron chi connectivity index (χ1n) is 11.5. The van der Waals surface area contributed by atoms with Gasteiger partial charge in [-0.2, -0.15) is 0 Å². The molecule has 3 aromatic carbocycles. The van der Waals surface area contributed by atoms with Gasteiger partial charge >= 0.3 is 0 Å². The first-order chi connectivity index (χ1) is 16.7. The molecule has 1 N–H and O–H groups in total. The third kappa shape index (κ3) is 6.22. The Kier molecular flexibility index (Phi) is 8.12. The molecule has 1 aliphatic heterocycles. The summed E-state index contributed by atoms with van der Waals surface area (Å²) in [5.41, 5.74) is 1.63. The molecule has 0 radical (unpaired) electrons. The molecule has 3 aromatic rings. The number of halogens is 2. The molecule has 0 atom stereocenters. The van der Waals surface area contributed by atoms with Gasteiger partial charge in [-0.1, -0.05) is 35.3 Å². The van der Waals surface area contributed by atoms with Crippen LogP contribution in [0.4, 0.5) is 5.69 Å². The summed E-state index contributed by atoms with van der Waals surface area (Å²) in [6.45, 7) is 5.39. The molecular formula is C26H28Cl2N2O4S. The summed E-state index contributed by atoms with van der Waals surface area (Å²) in [7, 11) is -4.05. The van der Waals surface area contributed by atoms with E-state index in [-0.39, 0.29) is 22.2 Å². The van der Waals surface area contributed by atoms with Crippen LogP contribution in [-0.4, -0.2) is 44.7 Å². The van der Waals surface area contributed by atoms with Crippen LogP contribution in [0.2, 0.25) is 10.0 Å². The van der Waals surface area contributed by atoms with E-state index in [1.807, 2.05) is 0 Å². The second-order valence-electron chi connectivity index (χ2n) is 8.60. The number of sulfonamides is 1. The van der Waals surface area contributed by atoms with Crippen LogP contribution in [0.15, 0.2) is 65.6 Å². The quantitative estimate of drug-likeness (QED) is 0.371. The first kappa shape index (κ1) is 25.6. The lowest BCUT2D eigenvalue weighted by Crippen LogP contribution is -2.31. The second kappa shape index (κ2) is 11.1. The van der Waals surface area contributed by atoms with Crippen LogP contribution in [0.3, 0.4) is 0 Å². The highest BCUT2D eigenvalue weighted by Crippen LogP contribution is 2.35. The van der Waals surface area contributed by atoms with E-state index in [1.54, 1.807) is 49.4 Å². The molecule has 1 saturated heterocycles. The van der Waals surface area contributed by atoms with Gasteiger partial charge in [0.25, 0.3) is 10.0 Å². The van der Waals surface area contributed by atoms with Gasteiger partial charge in [0.1, 0.15) is 23.0 Å². The number of ether oxygens (including phenoxy) is 1. The van der Waals surface area contributed by atoms with Crippen molar-refractivity contribution in [3.63, 3.8) is 0 Å². The maximum atomic E-state index is 13.9. The Labute approximate surface area is 216 Å². The fourth-order valence-corrected chi connectivity index (χ4v) is 6.81. The number of aromatic hydroxyl groups is 1. The smallest absolute Gasteiger partial charge is 0.266 e. The summed E-state index contributed by atoms with van der Waals surface area (Å²) >= 11 is 12.4. The molecule has 6 nitrogen and oxygen atoms in total. The summed E-state index contributed by atoms with van der Waals surface area (Å²) in [4.78, 5) is 2.38. The second-order valence-corrected chi connectivity index (χ2v) is 11.2. The average molecular weight is 535 g/mol. The lowest BCUT2D eigenvalue weighted by molar-refractivity contribution is 0.238. The summed E-state index contributed by atoms with van der Waals surface area (Å²) in [5.74, 6) is 0.783. The van der Waals surface area contributed by atoms with E-state index in [2.05, 4.69) is 4.90 Å². The normalized spacial score (nSPS) is 14.3. The summed E-state index contributed by atoms with van der Waals surface area (Å²) < 4.78 is 34.9. The predicted molar refractivity (Wildman–Crippen MR) is 140 cm³/mol. The molecule has 0 bridgehead atoms. The van der Waals surface area contributed by atoms with Crippen molar-refractivity contribution in [2.75, 3.05) is 30.5 Å². The zero-order valence-electron chi connectivity index (χ0n) is 19.5. The van der Waals surface area contributed by atoms with Crippen LogP contribution in [0.25, 0.3) is 0 Å². The molecule has 0 spiro atoms. The van der Waals surface area contributed by atoms with Gasteiger partial charge in [-0.3, -0.25) is 9.21 Å². The molecule has 4 rings (SSSR count). The van der Waals surface area contributed by atoms with Crippen molar-refractivity contribution >= 4 is 38.9 Å². The predicted octanol–water partition coefficient (Wildman–Crippen LogP) is 5.88. The lowest BCUT2D eigenvalue weighted by Gasteiger charge is -2.26. The third-order valence-corrected chi connectivity index (χ3v) is 8.61. The highest BCUT2D eigenvalue weighted by molar-refractivity contribution is 7.93. The minimum absolute atomic E-state index is 0.00767. The summed E-state index contributed by atoms with van der Waals surface area (Å²) in [6.07, 6.45) is 2.47. The van der Waals surface area contributed by atoms with Gasteiger partial charge in [-0.05, 0) is 92.5 Å². The number of nitrogens with zero attached hydrogens (tertiary/aromatic N) is 2. The average Bonchev–Trinajstić information content (AvgIpc) is 3.32. The Morgan fingerprint density at radius 3 is 2.29 bits per heavy atom. The van der Waals surface area contributed by atoms with E-state index >= 15 is 0 Å². The lowest BCUT2D eigenvalue weighted by atomic mass is 10.2. The largest absolute Gasteiger partial charge is 0.508 e. The number of benzene rings is 3. The molecular weight excluding hydrogens is 507 g/mol. The fraction of sp³-hybridized carbons (Fsp3) is 0.308. The molecule has 1 heterocycles. The topological polar surface area (TPSA) is 70.1 Å². The van der Waals surface area contributed by atoms with E-state index in [0.29, 0.717) is 34.2 Å². The minimum Gasteiger partial charge on any atom is -0.508 e. The van der Waals surface area contributed by atoms with E-state index < -0.39 is 10.0 Å². The molecule has 9 heteroatoms. The zero-order chi connectivity index (χ0) is 25.0. The standard InChI is InChI=1S/C26H28Cl2N2O4S/c1-19-16-21(27)17-25(28)26(19)35(32,33)30(18-20-4-8-23(31)9-5-20)22-6-10-24(11-7-22)34-15-14-29-12-2-3-13-29/h4-11,16-17,31H,2-3,12-15,18H2,1H3. The number of rotatable bonds is 9. The number of hydrogen-bond acceptors (Lipinski definition) is 5. The highest BCUT2D eigenvalue weighted by Gasteiger charge is 2.29. The van der Waals surface area contributed by atoms with Crippen LogP contribution in [0.1, 0.15) is 24.0 Å². The first-order valence-corrected chi connectivity index (χ1v) is 13.6. The maximum Gasteiger partial charge on any atom is 0.266 e. The number of aryl methyl sites for hydroxylation is 1. The molecule has 35 heavy (non-hydrogen) atoms. The summed E-state index contributed by atoms with van der Waals surface area (Å²) in [6, 6.07) is 16.4. The van der Waals surface area contributed by atoms with Gasteiger partial charge in [0, 0.05) is 11.6 Å². The number of hydrogen-bond donors (Lipinski definition) is 1. The molecule has 0 aliphatic carbocycles. The Hall–Kier alpha value is -2.45. The molecule has 0 amide bonds. The van der Waals surface area contributed by atoms with Gasteiger partial charge in [-0.25, -0.2) is 8.42 Å². The van der Waals surface area contributed by atoms with Crippen molar-refractivity contribution in [1.82, 2.24) is 4.90 Å². The van der Waals surface area contributed by atoms with E-state index in [1.165, 1.54) is 35.3 Å². The summed E-state index contributed by atoms with van der Waals surface area (Å²) in [5, 5.41) is 10.1. The third-order valence-electron chi connectivity index (χ3n) is 6.00. The van der Waals surface area contributed by atoms with Crippen molar-refractivity contribution in [3.05, 3.63) is 81.8 Å². The number of likely N-dealkylation sites (tertiary alicyclic amines) is 1. The molecule has 186 valence electrons. The van der Waals surface area contributed by atoms with Gasteiger partial charge in [0.2, 0.25) is 0 Å². The van der Waals surface area contributed by atoms with Crippen LogP contribution < -0.4 is 9.04 Å².